The maximum Gasteiger partial charge on any atom is 0.343 e. The van der Waals surface area contributed by atoms with Crippen LogP contribution in [-0.4, -0.2) is 34.3 Å². The number of nitrogens with zero attached hydrogens (tertiary/aromatic N) is 1. The van der Waals surface area contributed by atoms with Crippen LogP contribution in [-0.2, 0) is 10.0 Å². The molecule has 0 atom stereocenters. The summed E-state index contributed by atoms with van der Waals surface area (Å²) in [6.07, 6.45) is 3.33. The Labute approximate surface area is 205 Å². The van der Waals surface area contributed by atoms with Crippen molar-refractivity contribution in [2.45, 2.75) is 31.6 Å². The lowest BCUT2D eigenvalue weighted by Gasteiger charge is -2.10. The molecule has 3 aromatic carbocycles. The Morgan fingerprint density at radius 2 is 1.71 bits per heavy atom. The maximum absolute atomic E-state index is 12.6. The van der Waals surface area contributed by atoms with Gasteiger partial charge in [-0.3, -0.25) is 0 Å². The summed E-state index contributed by atoms with van der Waals surface area (Å²) in [7, 11) is -2.34. The number of ether oxygens (including phenoxy) is 3. The number of rotatable bonds is 11. The fourth-order valence-electron chi connectivity index (χ4n) is 2.97. The molecule has 184 valence electrons. The van der Waals surface area contributed by atoms with Crippen molar-refractivity contribution >= 4 is 22.2 Å². The molecular weight excluding hydrogens is 468 g/mol. The maximum atomic E-state index is 12.6. The van der Waals surface area contributed by atoms with Gasteiger partial charge >= 0.3 is 5.97 Å². The summed E-state index contributed by atoms with van der Waals surface area (Å²) in [6, 6.07) is 17.9. The molecule has 0 radical (unpaired) electrons. The van der Waals surface area contributed by atoms with E-state index in [0.717, 1.165) is 18.4 Å². The van der Waals surface area contributed by atoms with Gasteiger partial charge in [-0.1, -0.05) is 31.0 Å². The lowest BCUT2D eigenvalue weighted by atomic mass is 10.2. The van der Waals surface area contributed by atoms with Crippen LogP contribution in [0.1, 0.15) is 41.3 Å². The van der Waals surface area contributed by atoms with Gasteiger partial charge in [0.15, 0.2) is 11.5 Å². The molecule has 0 aliphatic carbocycles. The molecule has 3 rings (SSSR count). The van der Waals surface area contributed by atoms with Crippen LogP contribution in [0.15, 0.2) is 76.7 Å². The zero-order valence-corrected chi connectivity index (χ0v) is 20.7. The summed E-state index contributed by atoms with van der Waals surface area (Å²) in [5, 5.41) is 3.82. The molecule has 1 N–H and O–H groups in total. The summed E-state index contributed by atoms with van der Waals surface area (Å²) in [6.45, 7) is 4.58. The molecule has 0 saturated heterocycles. The van der Waals surface area contributed by atoms with E-state index < -0.39 is 16.0 Å². The van der Waals surface area contributed by atoms with Gasteiger partial charge in [-0.15, -0.1) is 0 Å². The highest BCUT2D eigenvalue weighted by atomic mass is 32.2. The molecule has 0 heterocycles. The van der Waals surface area contributed by atoms with Gasteiger partial charge in [0.05, 0.1) is 30.4 Å². The first-order valence-electron chi connectivity index (χ1n) is 11.1. The molecule has 0 aliphatic heterocycles. The minimum absolute atomic E-state index is 0.112. The quantitative estimate of drug-likeness (QED) is 0.136. The Balaban J connectivity index is 1.64. The van der Waals surface area contributed by atoms with E-state index >= 15 is 0 Å². The molecule has 0 fully saturated rings. The van der Waals surface area contributed by atoms with E-state index in [1.807, 2.05) is 6.92 Å². The normalized spacial score (nSPS) is 11.3. The van der Waals surface area contributed by atoms with Crippen LogP contribution in [0.25, 0.3) is 0 Å². The smallest absolute Gasteiger partial charge is 0.343 e. The van der Waals surface area contributed by atoms with Gasteiger partial charge in [0.25, 0.3) is 10.0 Å². The summed E-state index contributed by atoms with van der Waals surface area (Å²) < 4.78 is 41.1. The number of carbonyl (C=O) groups is 1. The van der Waals surface area contributed by atoms with E-state index in [0.29, 0.717) is 29.2 Å². The van der Waals surface area contributed by atoms with Crippen molar-refractivity contribution in [2.75, 3.05) is 13.7 Å². The SMILES string of the molecule is CCCCOc1ccc(C(=O)Oc2ccc(/C=N\NS(=O)(=O)c3ccc(C)cc3)cc2OC)cc1. The first-order valence-corrected chi connectivity index (χ1v) is 12.6. The number of methoxy groups -OCH3 is 1. The third-order valence-corrected chi connectivity index (χ3v) is 6.20. The first kappa shape index (κ1) is 25.8. The van der Waals surface area contributed by atoms with E-state index in [1.165, 1.54) is 25.5 Å². The number of aryl methyl sites for hydroxylation is 1. The van der Waals surface area contributed by atoms with Gasteiger partial charge in [-0.2, -0.15) is 13.5 Å². The number of unbranched alkanes of at least 4 members (excludes halogenated alkanes) is 1. The van der Waals surface area contributed by atoms with Gasteiger partial charge in [0.2, 0.25) is 0 Å². The second kappa shape index (κ2) is 12.0. The average molecular weight is 497 g/mol. The van der Waals surface area contributed by atoms with Crippen LogP contribution in [0.4, 0.5) is 0 Å². The van der Waals surface area contributed by atoms with Crippen LogP contribution in [0.2, 0.25) is 0 Å². The molecule has 0 bridgehead atoms. The van der Waals surface area contributed by atoms with E-state index in [1.54, 1.807) is 54.6 Å². The topological polar surface area (TPSA) is 103 Å². The van der Waals surface area contributed by atoms with E-state index in [4.69, 9.17) is 14.2 Å². The van der Waals surface area contributed by atoms with E-state index in [2.05, 4.69) is 16.9 Å². The standard InChI is InChI=1S/C26H28N2O6S/c1-4-5-16-33-22-11-9-21(10-12-22)26(29)34-24-15-8-20(17-25(24)32-3)18-27-28-35(30,31)23-13-6-19(2)7-14-23/h6-15,17-18,28H,4-5,16H2,1-3H3/b27-18-. The molecule has 8 nitrogen and oxygen atoms in total. The van der Waals surface area contributed by atoms with Crippen LogP contribution in [0.5, 0.6) is 17.2 Å². The predicted molar refractivity (Wildman–Crippen MR) is 134 cm³/mol. The molecule has 0 saturated carbocycles. The Hall–Kier alpha value is -3.85. The lowest BCUT2D eigenvalue weighted by molar-refractivity contribution is 0.0729. The van der Waals surface area contributed by atoms with Crippen molar-refractivity contribution < 1.29 is 27.4 Å². The minimum atomic E-state index is -3.78. The summed E-state index contributed by atoms with van der Waals surface area (Å²) >= 11 is 0. The number of hydrogen-bond acceptors (Lipinski definition) is 7. The lowest BCUT2D eigenvalue weighted by Crippen LogP contribution is -2.18. The number of nitrogens with one attached hydrogen (secondary N) is 1. The van der Waals surface area contributed by atoms with Crippen LogP contribution < -0.4 is 19.0 Å². The third-order valence-electron chi connectivity index (χ3n) is 4.96. The van der Waals surface area contributed by atoms with Crippen molar-refractivity contribution in [3.63, 3.8) is 0 Å². The highest BCUT2D eigenvalue weighted by molar-refractivity contribution is 7.89. The summed E-state index contributed by atoms with van der Waals surface area (Å²) in [4.78, 5) is 14.8. The van der Waals surface area contributed by atoms with Crippen molar-refractivity contribution in [3.8, 4) is 17.2 Å². The number of esters is 1. The van der Waals surface area contributed by atoms with Gasteiger partial charge in [-0.25, -0.2) is 9.63 Å². The molecule has 0 amide bonds. The molecule has 9 heteroatoms. The third kappa shape index (κ3) is 7.31. The van der Waals surface area contributed by atoms with Crippen LogP contribution >= 0.6 is 0 Å². The Morgan fingerprint density at radius 3 is 2.37 bits per heavy atom. The number of benzene rings is 3. The van der Waals surface area contributed by atoms with Crippen molar-refractivity contribution in [1.29, 1.82) is 0 Å². The summed E-state index contributed by atoms with van der Waals surface area (Å²) in [5.41, 5.74) is 1.86. The van der Waals surface area contributed by atoms with Crippen molar-refractivity contribution in [2.24, 2.45) is 5.10 Å². The molecule has 3 aromatic rings. The number of hydrogen-bond donors (Lipinski definition) is 1. The molecule has 0 unspecified atom stereocenters. The molecule has 0 spiro atoms. The largest absolute Gasteiger partial charge is 0.494 e. The zero-order chi connectivity index (χ0) is 25.3. The first-order chi connectivity index (χ1) is 16.8. The predicted octanol–water partition coefficient (Wildman–Crippen LogP) is 4.71. The van der Waals surface area contributed by atoms with Crippen LogP contribution in [0, 0.1) is 6.92 Å². The van der Waals surface area contributed by atoms with Gasteiger partial charge in [-0.05, 0) is 73.5 Å². The van der Waals surface area contributed by atoms with E-state index in [-0.39, 0.29) is 10.6 Å². The van der Waals surface area contributed by atoms with Gasteiger partial charge in [0, 0.05) is 0 Å². The zero-order valence-electron chi connectivity index (χ0n) is 19.9. The number of hydrazone groups is 1. The number of carbonyl (C=O) groups excluding carboxylic acids is 1. The fraction of sp³-hybridized carbons (Fsp3) is 0.231. The second-order valence-corrected chi connectivity index (χ2v) is 9.35. The monoisotopic (exact) mass is 496 g/mol. The average Bonchev–Trinajstić information content (AvgIpc) is 2.85. The van der Waals surface area contributed by atoms with Gasteiger partial charge in [0.1, 0.15) is 5.75 Å². The molecule has 0 aliphatic rings. The second-order valence-electron chi connectivity index (χ2n) is 7.69. The highest BCUT2D eigenvalue weighted by Crippen LogP contribution is 2.28. The Bertz CT molecular complexity index is 1270. The molecule has 0 aromatic heterocycles. The van der Waals surface area contributed by atoms with Crippen molar-refractivity contribution in [1.82, 2.24) is 4.83 Å². The molecular formula is C26H28N2O6S. The van der Waals surface area contributed by atoms with E-state index in [9.17, 15) is 13.2 Å². The van der Waals surface area contributed by atoms with Gasteiger partial charge < -0.3 is 14.2 Å². The fourth-order valence-corrected chi connectivity index (χ4v) is 3.76. The van der Waals surface area contributed by atoms with Crippen molar-refractivity contribution in [3.05, 3.63) is 83.4 Å². The Kier molecular flexibility index (Phi) is 8.86. The number of sulfonamides is 1. The highest BCUT2D eigenvalue weighted by Gasteiger charge is 2.14. The van der Waals surface area contributed by atoms with Crippen LogP contribution in [0.3, 0.4) is 0 Å². The Morgan fingerprint density at radius 1 is 1.00 bits per heavy atom. The molecule has 35 heavy (non-hydrogen) atoms. The summed E-state index contributed by atoms with van der Waals surface area (Å²) in [5.74, 6) is 0.659. The minimum Gasteiger partial charge on any atom is -0.494 e.